The van der Waals surface area contributed by atoms with Crippen LogP contribution in [0.2, 0.25) is 5.02 Å². The summed E-state index contributed by atoms with van der Waals surface area (Å²) in [6, 6.07) is 5.21. The fourth-order valence-corrected chi connectivity index (χ4v) is 2.31. The number of carbonyl (C=O) groups excluding carboxylic acids is 1. The predicted molar refractivity (Wildman–Crippen MR) is 71.0 cm³/mol. The van der Waals surface area contributed by atoms with E-state index < -0.39 is 0 Å². The number of benzene rings is 1. The van der Waals surface area contributed by atoms with E-state index in [1.165, 1.54) is 11.8 Å². The summed E-state index contributed by atoms with van der Waals surface area (Å²) in [5.41, 5.74) is 1.33. The van der Waals surface area contributed by atoms with E-state index in [-0.39, 0.29) is 11.2 Å². The van der Waals surface area contributed by atoms with Crippen molar-refractivity contribution in [1.82, 2.24) is 4.98 Å². The van der Waals surface area contributed by atoms with Crippen LogP contribution in [-0.2, 0) is 9.53 Å². The molecule has 0 amide bonds. The largest absolute Gasteiger partial charge is 0.465 e. The number of halogens is 1. The van der Waals surface area contributed by atoms with Gasteiger partial charge in [0.05, 0.1) is 6.61 Å². The molecule has 96 valence electrons. The Kier molecular flexibility index (Phi) is 4.14. The number of carbonyl (C=O) groups is 1. The second-order valence-corrected chi connectivity index (χ2v) is 5.33. The number of hydrogen-bond acceptors (Lipinski definition) is 5. The molecule has 0 spiro atoms. The third-order valence-corrected chi connectivity index (χ3v) is 3.38. The second kappa shape index (κ2) is 5.63. The molecule has 0 saturated heterocycles. The molecule has 0 aliphatic carbocycles. The standard InChI is InChI=1S/C12H12ClNO3S/c1-3-16-11(15)7(2)18-12-14-9-6-8(13)4-5-10(9)17-12/h4-7H,3H2,1-2H3. The van der Waals surface area contributed by atoms with E-state index in [0.29, 0.717) is 28.0 Å². The average molecular weight is 286 g/mol. The first kappa shape index (κ1) is 13.2. The fourth-order valence-electron chi connectivity index (χ4n) is 1.39. The summed E-state index contributed by atoms with van der Waals surface area (Å²) in [4.78, 5) is 15.7. The molecule has 0 N–H and O–H groups in total. The maximum absolute atomic E-state index is 11.5. The lowest BCUT2D eigenvalue weighted by Gasteiger charge is -2.06. The number of thioether (sulfide) groups is 1. The minimum absolute atomic E-state index is 0.275. The van der Waals surface area contributed by atoms with Crippen LogP contribution in [0, 0.1) is 0 Å². The highest BCUT2D eigenvalue weighted by Crippen LogP contribution is 2.28. The molecule has 1 aromatic carbocycles. The SMILES string of the molecule is CCOC(=O)C(C)Sc1nc2cc(Cl)ccc2o1. The Bertz CT molecular complexity index is 569. The highest BCUT2D eigenvalue weighted by Gasteiger charge is 2.18. The first-order valence-electron chi connectivity index (χ1n) is 5.49. The number of rotatable bonds is 4. The summed E-state index contributed by atoms with van der Waals surface area (Å²) in [5, 5.41) is 0.687. The Balaban J connectivity index is 2.14. The fraction of sp³-hybridized carbons (Fsp3) is 0.333. The maximum Gasteiger partial charge on any atom is 0.319 e. The van der Waals surface area contributed by atoms with Gasteiger partial charge in [0.2, 0.25) is 0 Å². The lowest BCUT2D eigenvalue weighted by Crippen LogP contribution is -2.16. The first-order valence-corrected chi connectivity index (χ1v) is 6.75. The van der Waals surface area contributed by atoms with E-state index in [1.807, 2.05) is 0 Å². The number of fused-ring (bicyclic) bond motifs is 1. The number of aromatic nitrogens is 1. The van der Waals surface area contributed by atoms with E-state index in [9.17, 15) is 4.79 Å². The molecule has 1 atom stereocenters. The van der Waals surface area contributed by atoms with Crippen LogP contribution in [0.1, 0.15) is 13.8 Å². The Morgan fingerprint density at radius 1 is 1.61 bits per heavy atom. The smallest absolute Gasteiger partial charge is 0.319 e. The number of nitrogens with zero attached hydrogens (tertiary/aromatic N) is 1. The molecule has 6 heteroatoms. The van der Waals surface area contributed by atoms with Crippen LogP contribution in [0.3, 0.4) is 0 Å². The van der Waals surface area contributed by atoms with Crippen LogP contribution in [0.5, 0.6) is 0 Å². The third kappa shape index (κ3) is 2.97. The normalized spacial score (nSPS) is 12.6. The van der Waals surface area contributed by atoms with Crippen LogP contribution in [0.25, 0.3) is 11.1 Å². The summed E-state index contributed by atoms with van der Waals surface area (Å²) in [6.07, 6.45) is 0. The van der Waals surface area contributed by atoms with Gasteiger partial charge in [-0.15, -0.1) is 0 Å². The molecule has 0 aliphatic rings. The average Bonchev–Trinajstić information content (AvgIpc) is 2.70. The Labute approximate surface area is 114 Å². The van der Waals surface area contributed by atoms with Gasteiger partial charge in [-0.3, -0.25) is 4.79 Å². The number of hydrogen-bond donors (Lipinski definition) is 0. The van der Waals surface area contributed by atoms with Gasteiger partial charge in [-0.05, 0) is 32.0 Å². The van der Waals surface area contributed by atoms with Gasteiger partial charge in [-0.25, -0.2) is 4.98 Å². The molecule has 4 nitrogen and oxygen atoms in total. The van der Waals surface area contributed by atoms with E-state index in [0.717, 1.165) is 0 Å². The number of esters is 1. The number of oxazole rings is 1. The van der Waals surface area contributed by atoms with Gasteiger partial charge in [0, 0.05) is 5.02 Å². The first-order chi connectivity index (χ1) is 8.60. The lowest BCUT2D eigenvalue weighted by atomic mass is 10.3. The summed E-state index contributed by atoms with van der Waals surface area (Å²) in [6.45, 7) is 3.90. The van der Waals surface area contributed by atoms with Crippen molar-refractivity contribution in [1.29, 1.82) is 0 Å². The van der Waals surface area contributed by atoms with Gasteiger partial charge < -0.3 is 9.15 Å². The molecule has 0 bridgehead atoms. The van der Waals surface area contributed by atoms with Crippen molar-refractivity contribution < 1.29 is 13.9 Å². The van der Waals surface area contributed by atoms with Crippen molar-refractivity contribution in [2.45, 2.75) is 24.3 Å². The monoisotopic (exact) mass is 285 g/mol. The highest BCUT2D eigenvalue weighted by atomic mass is 35.5. The molecular weight excluding hydrogens is 274 g/mol. The van der Waals surface area contributed by atoms with Gasteiger partial charge >= 0.3 is 5.97 Å². The van der Waals surface area contributed by atoms with Gasteiger partial charge in [-0.2, -0.15) is 0 Å². The minimum atomic E-state index is -0.353. The predicted octanol–water partition coefficient (Wildman–Crippen LogP) is 3.52. The molecule has 2 aromatic rings. The quantitative estimate of drug-likeness (QED) is 0.635. The van der Waals surface area contributed by atoms with Crippen LogP contribution < -0.4 is 0 Å². The van der Waals surface area contributed by atoms with Crippen LogP contribution in [0.15, 0.2) is 27.8 Å². The van der Waals surface area contributed by atoms with Gasteiger partial charge in [0.25, 0.3) is 5.22 Å². The summed E-state index contributed by atoms with van der Waals surface area (Å²) in [5.74, 6) is -0.275. The van der Waals surface area contributed by atoms with Crippen LogP contribution in [0.4, 0.5) is 0 Å². The van der Waals surface area contributed by atoms with Crippen molar-refractivity contribution in [2.24, 2.45) is 0 Å². The van der Waals surface area contributed by atoms with Crippen LogP contribution in [-0.4, -0.2) is 22.8 Å². The van der Waals surface area contributed by atoms with Gasteiger partial charge in [0.15, 0.2) is 5.58 Å². The second-order valence-electron chi connectivity index (χ2n) is 3.60. The van der Waals surface area contributed by atoms with Crippen molar-refractivity contribution >= 4 is 40.4 Å². The molecule has 1 unspecified atom stereocenters. The molecule has 0 aliphatic heterocycles. The maximum atomic E-state index is 11.5. The van der Waals surface area contributed by atoms with Crippen molar-refractivity contribution in [3.8, 4) is 0 Å². The molecule has 0 radical (unpaired) electrons. The van der Waals surface area contributed by atoms with E-state index in [2.05, 4.69) is 4.98 Å². The topological polar surface area (TPSA) is 52.3 Å². The van der Waals surface area contributed by atoms with Gasteiger partial charge in [0.1, 0.15) is 10.8 Å². The van der Waals surface area contributed by atoms with E-state index >= 15 is 0 Å². The molecule has 1 heterocycles. The van der Waals surface area contributed by atoms with Crippen molar-refractivity contribution in [2.75, 3.05) is 6.61 Å². The van der Waals surface area contributed by atoms with Crippen molar-refractivity contribution in [3.05, 3.63) is 23.2 Å². The molecule has 2 rings (SSSR count). The summed E-state index contributed by atoms with van der Waals surface area (Å²) in [7, 11) is 0. The summed E-state index contributed by atoms with van der Waals surface area (Å²) < 4.78 is 10.4. The Morgan fingerprint density at radius 2 is 2.39 bits per heavy atom. The Morgan fingerprint density at radius 3 is 3.11 bits per heavy atom. The zero-order valence-electron chi connectivity index (χ0n) is 9.97. The summed E-state index contributed by atoms with van der Waals surface area (Å²) >= 11 is 7.09. The van der Waals surface area contributed by atoms with E-state index in [4.69, 9.17) is 20.8 Å². The number of ether oxygens (including phenoxy) is 1. The van der Waals surface area contributed by atoms with Crippen LogP contribution >= 0.6 is 23.4 Å². The van der Waals surface area contributed by atoms with E-state index in [1.54, 1.807) is 32.0 Å². The zero-order valence-corrected chi connectivity index (χ0v) is 11.5. The third-order valence-electron chi connectivity index (χ3n) is 2.23. The molecular formula is C12H12ClNO3S. The van der Waals surface area contributed by atoms with Gasteiger partial charge in [-0.1, -0.05) is 23.4 Å². The minimum Gasteiger partial charge on any atom is -0.465 e. The Hall–Kier alpha value is -1.20. The zero-order chi connectivity index (χ0) is 13.1. The molecule has 18 heavy (non-hydrogen) atoms. The highest BCUT2D eigenvalue weighted by molar-refractivity contribution is 8.00. The molecule has 0 saturated carbocycles. The molecule has 0 fully saturated rings. The lowest BCUT2D eigenvalue weighted by molar-refractivity contribution is -0.142. The molecule has 1 aromatic heterocycles. The van der Waals surface area contributed by atoms with Crippen molar-refractivity contribution in [3.63, 3.8) is 0 Å².